The average Bonchev–Trinajstić information content (AvgIpc) is 2.48. The summed E-state index contributed by atoms with van der Waals surface area (Å²) in [4.78, 5) is 6.38. The Morgan fingerprint density at radius 3 is 2.60 bits per heavy atom. The number of rotatable bonds is 6. The molecule has 1 aromatic heterocycles. The molecule has 0 bridgehead atoms. The first kappa shape index (κ1) is 14.3. The molecule has 0 unspecified atom stereocenters. The SMILES string of the molecule is CN(C)c1cc(OCCCO)ncc1-c1ccccc1. The lowest BCUT2D eigenvalue weighted by atomic mass is 10.1. The van der Waals surface area contributed by atoms with Crippen LogP contribution in [0.1, 0.15) is 6.42 Å². The minimum absolute atomic E-state index is 0.128. The van der Waals surface area contributed by atoms with Crippen molar-refractivity contribution < 1.29 is 9.84 Å². The normalized spacial score (nSPS) is 10.3. The van der Waals surface area contributed by atoms with Crippen molar-refractivity contribution in [1.82, 2.24) is 4.98 Å². The smallest absolute Gasteiger partial charge is 0.215 e. The summed E-state index contributed by atoms with van der Waals surface area (Å²) in [6.07, 6.45) is 2.44. The van der Waals surface area contributed by atoms with Gasteiger partial charge in [-0.2, -0.15) is 0 Å². The van der Waals surface area contributed by atoms with Crippen molar-refractivity contribution in [2.45, 2.75) is 6.42 Å². The summed E-state index contributed by atoms with van der Waals surface area (Å²) in [7, 11) is 4.00. The van der Waals surface area contributed by atoms with Crippen LogP contribution in [0.25, 0.3) is 11.1 Å². The maximum Gasteiger partial charge on any atom is 0.215 e. The molecule has 2 aromatic rings. The lowest BCUT2D eigenvalue weighted by molar-refractivity contribution is 0.229. The third-order valence-electron chi connectivity index (χ3n) is 2.98. The van der Waals surface area contributed by atoms with Crippen LogP contribution in [0.3, 0.4) is 0 Å². The molecule has 0 saturated heterocycles. The van der Waals surface area contributed by atoms with Crippen LogP contribution < -0.4 is 9.64 Å². The van der Waals surface area contributed by atoms with Crippen molar-refractivity contribution in [1.29, 1.82) is 0 Å². The summed E-state index contributed by atoms with van der Waals surface area (Å²) in [5, 5.41) is 8.77. The molecule has 0 amide bonds. The quantitative estimate of drug-likeness (QED) is 0.821. The Bertz CT molecular complexity index is 541. The summed E-state index contributed by atoms with van der Waals surface area (Å²) in [5.74, 6) is 0.585. The Labute approximate surface area is 119 Å². The van der Waals surface area contributed by atoms with Crippen molar-refractivity contribution in [2.24, 2.45) is 0 Å². The van der Waals surface area contributed by atoms with Crippen molar-refractivity contribution in [3.63, 3.8) is 0 Å². The second kappa shape index (κ2) is 6.91. The van der Waals surface area contributed by atoms with Gasteiger partial charge in [0.15, 0.2) is 0 Å². The summed E-state index contributed by atoms with van der Waals surface area (Å²) in [6, 6.07) is 12.1. The van der Waals surface area contributed by atoms with Crippen LogP contribution in [0.4, 0.5) is 5.69 Å². The number of nitrogens with zero attached hydrogens (tertiary/aromatic N) is 2. The number of ether oxygens (including phenoxy) is 1. The van der Waals surface area contributed by atoms with Gasteiger partial charge in [0.2, 0.25) is 5.88 Å². The van der Waals surface area contributed by atoms with Gasteiger partial charge < -0.3 is 14.7 Å². The highest BCUT2D eigenvalue weighted by molar-refractivity contribution is 5.78. The number of hydrogen-bond acceptors (Lipinski definition) is 4. The summed E-state index contributed by atoms with van der Waals surface area (Å²) in [5.41, 5.74) is 3.26. The fraction of sp³-hybridized carbons (Fsp3) is 0.312. The van der Waals surface area contributed by atoms with E-state index in [1.54, 1.807) is 0 Å². The highest BCUT2D eigenvalue weighted by Gasteiger charge is 2.09. The molecule has 1 aromatic carbocycles. The molecule has 0 aliphatic carbocycles. The molecule has 4 nitrogen and oxygen atoms in total. The second-order valence-electron chi connectivity index (χ2n) is 4.73. The van der Waals surface area contributed by atoms with Crippen LogP contribution in [-0.2, 0) is 0 Å². The molecule has 0 fully saturated rings. The zero-order valence-corrected chi connectivity index (χ0v) is 11.9. The van der Waals surface area contributed by atoms with Gasteiger partial charge in [0.1, 0.15) is 0 Å². The third-order valence-corrected chi connectivity index (χ3v) is 2.98. The molecule has 1 N–H and O–H groups in total. The molecule has 4 heteroatoms. The zero-order chi connectivity index (χ0) is 14.4. The Kier molecular flexibility index (Phi) is 4.96. The summed E-state index contributed by atoms with van der Waals surface area (Å²) >= 11 is 0. The molecule has 0 spiro atoms. The molecule has 0 atom stereocenters. The summed E-state index contributed by atoms with van der Waals surface area (Å²) in [6.45, 7) is 0.601. The number of aliphatic hydroxyl groups is 1. The van der Waals surface area contributed by atoms with E-state index >= 15 is 0 Å². The van der Waals surface area contributed by atoms with Gasteiger partial charge in [0.05, 0.1) is 12.3 Å². The Morgan fingerprint density at radius 1 is 1.20 bits per heavy atom. The van der Waals surface area contributed by atoms with E-state index in [2.05, 4.69) is 17.1 Å². The number of hydrogen-bond donors (Lipinski definition) is 1. The van der Waals surface area contributed by atoms with E-state index < -0.39 is 0 Å². The fourth-order valence-electron chi connectivity index (χ4n) is 1.96. The molecule has 2 rings (SSSR count). The molecule has 0 saturated carbocycles. The largest absolute Gasteiger partial charge is 0.478 e. The highest BCUT2D eigenvalue weighted by atomic mass is 16.5. The topological polar surface area (TPSA) is 45.6 Å². The van der Waals surface area contributed by atoms with Gasteiger partial charge in [0, 0.05) is 44.9 Å². The van der Waals surface area contributed by atoms with Crippen molar-refractivity contribution >= 4 is 5.69 Å². The Hall–Kier alpha value is -2.07. The number of pyridine rings is 1. The van der Waals surface area contributed by atoms with Crippen molar-refractivity contribution in [3.8, 4) is 17.0 Å². The second-order valence-corrected chi connectivity index (χ2v) is 4.73. The van der Waals surface area contributed by atoms with Crippen LogP contribution in [0.5, 0.6) is 5.88 Å². The molecule has 0 aliphatic heterocycles. The van der Waals surface area contributed by atoms with Gasteiger partial charge in [-0.05, 0) is 5.56 Å². The molecule has 1 heterocycles. The molecular formula is C16H20N2O2. The van der Waals surface area contributed by atoms with Gasteiger partial charge in [0.25, 0.3) is 0 Å². The first-order valence-electron chi connectivity index (χ1n) is 6.69. The number of anilines is 1. The lowest BCUT2D eigenvalue weighted by Crippen LogP contribution is -2.11. The van der Waals surface area contributed by atoms with Gasteiger partial charge in [-0.1, -0.05) is 30.3 Å². The van der Waals surface area contributed by atoms with Gasteiger partial charge >= 0.3 is 0 Å². The van der Waals surface area contributed by atoms with E-state index in [1.165, 1.54) is 0 Å². The van der Waals surface area contributed by atoms with E-state index in [4.69, 9.17) is 9.84 Å². The maximum atomic E-state index is 8.77. The predicted molar refractivity (Wildman–Crippen MR) is 81.2 cm³/mol. The van der Waals surface area contributed by atoms with Gasteiger partial charge in [-0.25, -0.2) is 4.98 Å². The highest BCUT2D eigenvalue weighted by Crippen LogP contribution is 2.31. The molecule has 0 radical (unpaired) electrons. The van der Waals surface area contributed by atoms with Crippen molar-refractivity contribution in [3.05, 3.63) is 42.6 Å². The predicted octanol–water partition coefficient (Wildman–Crippen LogP) is 2.58. The average molecular weight is 272 g/mol. The van der Waals surface area contributed by atoms with E-state index in [0.29, 0.717) is 18.9 Å². The summed E-state index contributed by atoms with van der Waals surface area (Å²) < 4.78 is 5.53. The van der Waals surface area contributed by atoms with E-state index in [0.717, 1.165) is 16.8 Å². The van der Waals surface area contributed by atoms with Gasteiger partial charge in [-0.3, -0.25) is 0 Å². The van der Waals surface area contributed by atoms with Crippen LogP contribution in [-0.4, -0.2) is 37.4 Å². The number of aromatic nitrogens is 1. The fourth-order valence-corrected chi connectivity index (χ4v) is 1.96. The van der Waals surface area contributed by atoms with Crippen LogP contribution in [0.15, 0.2) is 42.6 Å². The monoisotopic (exact) mass is 272 g/mol. The number of benzene rings is 1. The maximum absolute atomic E-state index is 8.77. The first-order chi connectivity index (χ1) is 9.72. The Balaban J connectivity index is 2.29. The molecule has 20 heavy (non-hydrogen) atoms. The Morgan fingerprint density at radius 2 is 1.95 bits per heavy atom. The van der Waals surface area contributed by atoms with E-state index in [1.807, 2.05) is 49.5 Å². The molecule has 106 valence electrons. The lowest BCUT2D eigenvalue weighted by Gasteiger charge is -2.18. The van der Waals surface area contributed by atoms with Gasteiger partial charge in [-0.15, -0.1) is 0 Å². The van der Waals surface area contributed by atoms with E-state index in [9.17, 15) is 0 Å². The standard InChI is InChI=1S/C16H20N2O2/c1-18(2)15-11-16(20-10-6-9-19)17-12-14(15)13-7-4-3-5-8-13/h3-5,7-8,11-12,19H,6,9-10H2,1-2H3. The van der Waals surface area contributed by atoms with Crippen LogP contribution in [0.2, 0.25) is 0 Å². The molecule has 0 aliphatic rings. The van der Waals surface area contributed by atoms with Crippen LogP contribution >= 0.6 is 0 Å². The third kappa shape index (κ3) is 3.48. The van der Waals surface area contributed by atoms with E-state index in [-0.39, 0.29) is 6.61 Å². The number of aliphatic hydroxyl groups excluding tert-OH is 1. The minimum Gasteiger partial charge on any atom is -0.478 e. The first-order valence-corrected chi connectivity index (χ1v) is 6.69. The minimum atomic E-state index is 0.128. The molecular weight excluding hydrogens is 252 g/mol. The van der Waals surface area contributed by atoms with Crippen LogP contribution in [0, 0.1) is 0 Å². The van der Waals surface area contributed by atoms with Crippen molar-refractivity contribution in [2.75, 3.05) is 32.2 Å². The zero-order valence-electron chi connectivity index (χ0n) is 11.9.